The highest BCUT2D eigenvalue weighted by atomic mass is 16.5. The van der Waals surface area contributed by atoms with Crippen molar-refractivity contribution >= 4 is 5.91 Å². The minimum atomic E-state index is 0.0297. The molecular weight excluding hydrogens is 278 g/mol. The number of hydrogen-bond donors (Lipinski definition) is 1. The van der Waals surface area contributed by atoms with Gasteiger partial charge >= 0.3 is 0 Å². The summed E-state index contributed by atoms with van der Waals surface area (Å²) >= 11 is 0. The Balaban J connectivity index is 1.85. The average molecular weight is 301 g/mol. The molecule has 1 heterocycles. The van der Waals surface area contributed by atoms with Gasteiger partial charge in [0.1, 0.15) is 5.75 Å². The van der Waals surface area contributed by atoms with Gasteiger partial charge in [0.2, 0.25) is 5.91 Å². The van der Waals surface area contributed by atoms with E-state index in [0.717, 1.165) is 34.7 Å². The number of methoxy groups -OCH3 is 1. The van der Waals surface area contributed by atoms with Gasteiger partial charge in [0, 0.05) is 24.8 Å². The maximum atomic E-state index is 12.1. The van der Waals surface area contributed by atoms with Crippen LogP contribution in [0.15, 0.2) is 24.3 Å². The van der Waals surface area contributed by atoms with Crippen LogP contribution in [-0.4, -0.2) is 29.3 Å². The van der Waals surface area contributed by atoms with E-state index in [0.29, 0.717) is 13.0 Å². The zero-order valence-electron chi connectivity index (χ0n) is 13.6. The van der Waals surface area contributed by atoms with E-state index in [1.54, 1.807) is 7.11 Å². The van der Waals surface area contributed by atoms with Crippen LogP contribution in [0, 0.1) is 13.8 Å². The van der Waals surface area contributed by atoms with E-state index >= 15 is 0 Å². The number of aryl methyl sites for hydroxylation is 2. The molecular formula is C17H23N3O2. The molecule has 0 aliphatic carbocycles. The van der Waals surface area contributed by atoms with Gasteiger partial charge in [-0.15, -0.1) is 0 Å². The minimum Gasteiger partial charge on any atom is -0.497 e. The number of hydrogen-bond acceptors (Lipinski definition) is 3. The number of carbonyl (C=O) groups excluding carboxylic acids is 1. The van der Waals surface area contributed by atoms with Crippen LogP contribution in [0.5, 0.6) is 5.75 Å². The van der Waals surface area contributed by atoms with Crippen molar-refractivity contribution in [2.45, 2.75) is 26.7 Å². The van der Waals surface area contributed by atoms with Gasteiger partial charge in [0.25, 0.3) is 0 Å². The summed E-state index contributed by atoms with van der Waals surface area (Å²) < 4.78 is 7.01. The third-order valence-corrected chi connectivity index (χ3v) is 3.87. The highest BCUT2D eigenvalue weighted by Gasteiger charge is 2.13. The molecule has 0 atom stereocenters. The van der Waals surface area contributed by atoms with E-state index in [4.69, 9.17) is 4.74 Å². The first-order valence-electron chi connectivity index (χ1n) is 7.40. The lowest BCUT2D eigenvalue weighted by molar-refractivity contribution is -0.120. The van der Waals surface area contributed by atoms with Gasteiger partial charge in [0.05, 0.1) is 19.2 Å². The van der Waals surface area contributed by atoms with E-state index in [2.05, 4.69) is 10.4 Å². The molecule has 1 aromatic heterocycles. The topological polar surface area (TPSA) is 56.1 Å². The van der Waals surface area contributed by atoms with Crippen LogP contribution in [0.3, 0.4) is 0 Å². The van der Waals surface area contributed by atoms with Crippen molar-refractivity contribution in [2.75, 3.05) is 13.7 Å². The van der Waals surface area contributed by atoms with Gasteiger partial charge in [-0.25, -0.2) is 0 Å². The summed E-state index contributed by atoms with van der Waals surface area (Å²) in [6.45, 7) is 4.54. The van der Waals surface area contributed by atoms with E-state index in [1.165, 1.54) is 0 Å². The maximum Gasteiger partial charge on any atom is 0.224 e. The van der Waals surface area contributed by atoms with Gasteiger partial charge in [-0.1, -0.05) is 12.1 Å². The summed E-state index contributed by atoms with van der Waals surface area (Å²) in [6, 6.07) is 7.89. The van der Waals surface area contributed by atoms with E-state index < -0.39 is 0 Å². The van der Waals surface area contributed by atoms with Gasteiger partial charge in [-0.05, 0) is 38.0 Å². The molecule has 118 valence electrons. The maximum absolute atomic E-state index is 12.1. The number of benzene rings is 1. The lowest BCUT2D eigenvalue weighted by atomic mass is 10.1. The predicted octanol–water partition coefficient (Wildman–Crippen LogP) is 1.95. The molecule has 5 nitrogen and oxygen atoms in total. The number of nitrogens with zero attached hydrogens (tertiary/aromatic N) is 2. The van der Waals surface area contributed by atoms with E-state index in [-0.39, 0.29) is 5.91 Å². The van der Waals surface area contributed by atoms with Crippen LogP contribution in [0.2, 0.25) is 0 Å². The van der Waals surface area contributed by atoms with Crippen LogP contribution < -0.4 is 10.1 Å². The largest absolute Gasteiger partial charge is 0.497 e. The van der Waals surface area contributed by atoms with Crippen molar-refractivity contribution in [3.8, 4) is 5.75 Å². The molecule has 2 rings (SSSR count). The molecule has 1 amide bonds. The SMILES string of the molecule is COc1cccc(CCNC(=O)Cc2c(C)nn(C)c2C)c1. The first-order valence-corrected chi connectivity index (χ1v) is 7.40. The summed E-state index contributed by atoms with van der Waals surface area (Å²) in [5.74, 6) is 0.868. The number of rotatable bonds is 6. The predicted molar refractivity (Wildman–Crippen MR) is 86.1 cm³/mol. The smallest absolute Gasteiger partial charge is 0.224 e. The average Bonchev–Trinajstić information content (AvgIpc) is 2.74. The zero-order valence-corrected chi connectivity index (χ0v) is 13.6. The summed E-state index contributed by atoms with van der Waals surface area (Å²) in [5, 5.41) is 7.30. The van der Waals surface area contributed by atoms with Crippen LogP contribution in [0.4, 0.5) is 0 Å². The molecule has 0 aliphatic heterocycles. The fourth-order valence-electron chi connectivity index (χ4n) is 2.47. The van der Waals surface area contributed by atoms with Crippen LogP contribution in [0.1, 0.15) is 22.5 Å². The van der Waals surface area contributed by atoms with Gasteiger partial charge < -0.3 is 10.1 Å². The van der Waals surface area contributed by atoms with Crippen molar-refractivity contribution in [2.24, 2.45) is 7.05 Å². The number of carbonyl (C=O) groups is 1. The molecule has 0 aliphatic rings. The fraction of sp³-hybridized carbons (Fsp3) is 0.412. The van der Waals surface area contributed by atoms with Gasteiger partial charge in [-0.2, -0.15) is 5.10 Å². The lowest BCUT2D eigenvalue weighted by Gasteiger charge is -2.07. The molecule has 0 spiro atoms. The first-order chi connectivity index (χ1) is 10.5. The Kier molecular flexibility index (Phi) is 5.20. The highest BCUT2D eigenvalue weighted by molar-refractivity contribution is 5.79. The van der Waals surface area contributed by atoms with Gasteiger partial charge in [-0.3, -0.25) is 9.48 Å². The molecule has 1 N–H and O–H groups in total. The van der Waals surface area contributed by atoms with E-state index in [1.807, 2.05) is 49.8 Å². The molecule has 0 unspecified atom stereocenters. The fourth-order valence-corrected chi connectivity index (χ4v) is 2.47. The molecule has 5 heteroatoms. The molecule has 0 saturated heterocycles. The second-order valence-electron chi connectivity index (χ2n) is 5.40. The minimum absolute atomic E-state index is 0.0297. The Morgan fingerprint density at radius 2 is 2.14 bits per heavy atom. The Bertz CT molecular complexity index is 662. The third kappa shape index (κ3) is 3.87. The lowest BCUT2D eigenvalue weighted by Crippen LogP contribution is -2.27. The number of amides is 1. The second-order valence-corrected chi connectivity index (χ2v) is 5.40. The van der Waals surface area contributed by atoms with Crippen LogP contribution in [0.25, 0.3) is 0 Å². The van der Waals surface area contributed by atoms with Crippen molar-refractivity contribution in [1.82, 2.24) is 15.1 Å². The number of ether oxygens (including phenoxy) is 1. The normalized spacial score (nSPS) is 10.5. The van der Waals surface area contributed by atoms with Gasteiger partial charge in [0.15, 0.2) is 0 Å². The number of nitrogens with one attached hydrogen (secondary N) is 1. The Morgan fingerprint density at radius 3 is 2.77 bits per heavy atom. The Labute approximate surface area is 131 Å². The van der Waals surface area contributed by atoms with Crippen molar-refractivity contribution in [1.29, 1.82) is 0 Å². The molecule has 0 bridgehead atoms. The monoisotopic (exact) mass is 301 g/mol. The standard InChI is InChI=1S/C17H23N3O2/c1-12-16(13(2)20(3)19-12)11-17(21)18-9-8-14-6-5-7-15(10-14)22-4/h5-7,10H,8-9,11H2,1-4H3,(H,18,21). The molecule has 22 heavy (non-hydrogen) atoms. The Hall–Kier alpha value is -2.30. The first kappa shape index (κ1) is 16.1. The number of aromatic nitrogens is 2. The zero-order chi connectivity index (χ0) is 16.1. The third-order valence-electron chi connectivity index (χ3n) is 3.87. The summed E-state index contributed by atoms with van der Waals surface area (Å²) in [6.07, 6.45) is 1.16. The van der Waals surface area contributed by atoms with Crippen LogP contribution >= 0.6 is 0 Å². The second kappa shape index (κ2) is 7.11. The molecule has 1 aromatic carbocycles. The van der Waals surface area contributed by atoms with Crippen molar-refractivity contribution in [3.63, 3.8) is 0 Å². The van der Waals surface area contributed by atoms with Crippen molar-refractivity contribution < 1.29 is 9.53 Å². The van der Waals surface area contributed by atoms with Crippen molar-refractivity contribution in [3.05, 3.63) is 46.8 Å². The van der Waals surface area contributed by atoms with E-state index in [9.17, 15) is 4.79 Å². The summed E-state index contributed by atoms with van der Waals surface area (Å²) in [5.41, 5.74) is 4.12. The highest BCUT2D eigenvalue weighted by Crippen LogP contribution is 2.13. The van der Waals surface area contributed by atoms with Crippen LogP contribution in [-0.2, 0) is 24.7 Å². The molecule has 0 fully saturated rings. The quantitative estimate of drug-likeness (QED) is 0.887. The molecule has 0 radical (unpaired) electrons. The Morgan fingerprint density at radius 1 is 1.36 bits per heavy atom. The molecule has 0 saturated carbocycles. The summed E-state index contributed by atoms with van der Waals surface area (Å²) in [7, 11) is 3.55. The summed E-state index contributed by atoms with van der Waals surface area (Å²) in [4.78, 5) is 12.1. The molecule has 2 aromatic rings.